The zero-order valence-electron chi connectivity index (χ0n) is 40.3. The summed E-state index contributed by atoms with van der Waals surface area (Å²) in [6.45, 7) is 8.07. The highest BCUT2D eigenvalue weighted by molar-refractivity contribution is 6.00. The number of nitrogens with two attached hydrogens (primary N) is 3. The molecule has 5 atom stereocenters. The van der Waals surface area contributed by atoms with Gasteiger partial charge in [-0.1, -0.05) is 31.2 Å². The van der Waals surface area contributed by atoms with Crippen molar-refractivity contribution in [3.05, 3.63) is 88.2 Å². The first kappa shape index (κ1) is 50.9. The van der Waals surface area contributed by atoms with Crippen LogP contribution in [0.15, 0.2) is 54.6 Å². The first-order valence-corrected chi connectivity index (χ1v) is 24.1. The van der Waals surface area contributed by atoms with Crippen molar-refractivity contribution < 1.29 is 38.2 Å². The Hall–Kier alpha value is -6.94. The number of nitriles is 1. The van der Waals surface area contributed by atoms with Gasteiger partial charge in [-0.3, -0.25) is 24.0 Å². The molecule has 7 rings (SSSR count). The SMILES string of the molecule is Cc1nc(-c2ccc3c(c2)OCCC32CC2)nc(C)c1C(=O)N[C@@H](CCN)C(=O)C(C)CC[C@@H]1C(=O)N[C@@H](C)C(=O)N[C@H](C(=O)NCC#N)Cc2ccc(OCCN)c(c2)-c2cc1ccc2OCCN. The maximum atomic E-state index is 14.5. The fraction of sp³-hybridized carbons (Fsp3) is 0.462. The van der Waals surface area contributed by atoms with Gasteiger partial charge in [0.1, 0.15) is 49.1 Å². The summed E-state index contributed by atoms with van der Waals surface area (Å²) >= 11 is 0. The number of amides is 4. The number of nitrogens with zero attached hydrogens (tertiary/aromatic N) is 3. The van der Waals surface area contributed by atoms with Crippen LogP contribution in [0.2, 0.25) is 0 Å². The first-order valence-electron chi connectivity index (χ1n) is 24.1. The molecule has 18 nitrogen and oxygen atoms in total. The predicted octanol–water partition coefficient (Wildman–Crippen LogP) is 3.32. The summed E-state index contributed by atoms with van der Waals surface area (Å²) in [5.41, 5.74) is 23.5. The van der Waals surface area contributed by atoms with Crippen molar-refractivity contribution in [3.8, 4) is 45.8 Å². The van der Waals surface area contributed by atoms with E-state index in [1.807, 2.05) is 30.3 Å². The number of benzene rings is 3. The average Bonchev–Trinajstić information content (AvgIpc) is 4.12. The topological polar surface area (TPSA) is 289 Å². The Morgan fingerprint density at radius 1 is 0.886 bits per heavy atom. The van der Waals surface area contributed by atoms with Crippen molar-refractivity contribution in [1.82, 2.24) is 31.2 Å². The van der Waals surface area contributed by atoms with Crippen LogP contribution >= 0.6 is 0 Å². The molecule has 1 unspecified atom stereocenters. The number of fused-ring (bicyclic) bond motifs is 7. The van der Waals surface area contributed by atoms with Crippen molar-refractivity contribution in [1.29, 1.82) is 5.26 Å². The van der Waals surface area contributed by atoms with Crippen molar-refractivity contribution in [2.75, 3.05) is 46.0 Å². The van der Waals surface area contributed by atoms with E-state index in [4.69, 9.17) is 41.4 Å². The Morgan fingerprint density at radius 2 is 1.57 bits per heavy atom. The molecule has 2 aliphatic heterocycles. The molecule has 10 N–H and O–H groups in total. The number of ether oxygens (including phenoxy) is 3. The minimum Gasteiger partial charge on any atom is -0.493 e. The van der Waals surface area contributed by atoms with Crippen LogP contribution in [-0.2, 0) is 31.0 Å². The number of ketones is 1. The standard InChI is InChI=1S/C52H64N10O8/c1-29(46(63)40(13-17-53)61-51(67)45-30(2)58-47(59-31(45)3)35-7-10-39-44(28-35)68-22-16-52(39)14-15-52)5-9-36-34-8-12-43(70-24-20-56)38(27-34)37-25-33(6-11-42(37)69-23-19-55)26-41(50(66)57-21-18-54)62-48(64)32(4)60-49(36)65/h6-8,10-12,25,27-29,32,36,40-41H,5,9,13-17,19-24,26,53,55-56H2,1-4H3,(H,57,66)(H,60,65)(H,61,67)(H,62,64)/t29?,32-,36-,40-,41-/m0/s1. The van der Waals surface area contributed by atoms with Gasteiger partial charge in [-0.05, 0) is 107 Å². The minimum absolute atomic E-state index is 0.0398. The Morgan fingerprint density at radius 3 is 2.23 bits per heavy atom. The lowest BCUT2D eigenvalue weighted by molar-refractivity contribution is -0.132. The molecule has 1 fully saturated rings. The number of rotatable bonds is 18. The van der Waals surface area contributed by atoms with E-state index in [1.165, 1.54) is 12.5 Å². The molecule has 4 aromatic rings. The third kappa shape index (κ3) is 11.6. The first-order chi connectivity index (χ1) is 33.7. The van der Waals surface area contributed by atoms with Gasteiger partial charge in [0.25, 0.3) is 5.91 Å². The summed E-state index contributed by atoms with van der Waals surface area (Å²) in [5, 5.41) is 20.2. The lowest BCUT2D eigenvalue weighted by Gasteiger charge is -2.26. The van der Waals surface area contributed by atoms with Gasteiger partial charge < -0.3 is 52.7 Å². The van der Waals surface area contributed by atoms with E-state index in [0.717, 1.165) is 30.6 Å². The summed E-state index contributed by atoms with van der Waals surface area (Å²) in [5.74, 6) is -1.82. The van der Waals surface area contributed by atoms with Crippen molar-refractivity contribution >= 4 is 29.4 Å². The van der Waals surface area contributed by atoms with E-state index in [-0.39, 0.29) is 81.8 Å². The van der Waals surface area contributed by atoms with Crippen molar-refractivity contribution in [2.45, 2.75) is 102 Å². The molecule has 0 saturated heterocycles. The molecule has 1 aromatic heterocycles. The van der Waals surface area contributed by atoms with E-state index in [2.05, 4.69) is 27.3 Å². The maximum Gasteiger partial charge on any atom is 0.255 e. The lowest BCUT2D eigenvalue weighted by atomic mass is 9.85. The summed E-state index contributed by atoms with van der Waals surface area (Å²) < 4.78 is 18.3. The van der Waals surface area contributed by atoms with Gasteiger partial charge in [-0.2, -0.15) is 5.26 Å². The summed E-state index contributed by atoms with van der Waals surface area (Å²) in [7, 11) is 0. The Labute approximate surface area is 408 Å². The molecule has 4 bridgehead atoms. The van der Waals surface area contributed by atoms with Crippen LogP contribution in [0.4, 0.5) is 0 Å². The molecule has 3 aliphatic rings. The van der Waals surface area contributed by atoms with Crippen LogP contribution in [0.3, 0.4) is 0 Å². The molecule has 4 amide bonds. The lowest BCUT2D eigenvalue weighted by Crippen LogP contribution is -2.54. The Bertz CT molecular complexity index is 2640. The van der Waals surface area contributed by atoms with Gasteiger partial charge in [0, 0.05) is 53.1 Å². The second-order valence-electron chi connectivity index (χ2n) is 18.5. The van der Waals surface area contributed by atoms with Crippen LogP contribution in [0, 0.1) is 31.1 Å². The van der Waals surface area contributed by atoms with Crippen LogP contribution in [-0.4, -0.2) is 104 Å². The quantitative estimate of drug-likeness (QED) is 0.0705. The maximum absolute atomic E-state index is 14.5. The normalized spacial score (nSPS) is 18.9. The average molecular weight is 957 g/mol. The zero-order valence-corrected chi connectivity index (χ0v) is 40.3. The second kappa shape index (κ2) is 22.7. The summed E-state index contributed by atoms with van der Waals surface area (Å²) in [4.78, 5) is 79.3. The van der Waals surface area contributed by atoms with Crippen molar-refractivity contribution in [3.63, 3.8) is 0 Å². The number of aryl methyl sites for hydroxylation is 2. The number of aromatic nitrogens is 2. The van der Waals surface area contributed by atoms with E-state index in [0.29, 0.717) is 57.6 Å². The fourth-order valence-electron chi connectivity index (χ4n) is 9.44. The van der Waals surface area contributed by atoms with E-state index in [1.54, 1.807) is 45.0 Å². The molecule has 370 valence electrons. The molecular weight excluding hydrogens is 893 g/mol. The highest BCUT2D eigenvalue weighted by Crippen LogP contribution is 2.56. The molecule has 0 radical (unpaired) electrons. The molecule has 1 aliphatic carbocycles. The van der Waals surface area contributed by atoms with Crippen LogP contribution in [0.1, 0.15) is 96.7 Å². The number of hydrogen-bond donors (Lipinski definition) is 7. The van der Waals surface area contributed by atoms with Gasteiger partial charge >= 0.3 is 0 Å². The molecular formula is C52H64N10O8. The van der Waals surface area contributed by atoms with Gasteiger partial charge in [-0.25, -0.2) is 9.97 Å². The smallest absolute Gasteiger partial charge is 0.255 e. The number of carbonyl (C=O) groups is 5. The Kier molecular flexibility index (Phi) is 16.5. The number of carbonyl (C=O) groups excluding carboxylic acids is 5. The van der Waals surface area contributed by atoms with E-state index in [9.17, 15) is 29.2 Å². The fourth-order valence-corrected chi connectivity index (χ4v) is 9.44. The number of hydrogen-bond acceptors (Lipinski definition) is 14. The second-order valence-corrected chi connectivity index (χ2v) is 18.5. The zero-order chi connectivity index (χ0) is 50.1. The highest BCUT2D eigenvalue weighted by atomic mass is 16.5. The molecule has 1 saturated carbocycles. The van der Waals surface area contributed by atoms with Crippen LogP contribution < -0.4 is 52.7 Å². The summed E-state index contributed by atoms with van der Waals surface area (Å²) in [6, 6.07) is 15.5. The van der Waals surface area contributed by atoms with Gasteiger partial charge in [0.15, 0.2) is 11.6 Å². The third-order valence-corrected chi connectivity index (χ3v) is 13.5. The number of nitrogens with one attached hydrogen (secondary N) is 4. The minimum atomic E-state index is -1.11. The molecule has 1 spiro atoms. The number of Topliss-reactive ketones (excluding diaryl/α,β-unsaturated/α-hetero) is 1. The third-order valence-electron chi connectivity index (χ3n) is 13.5. The van der Waals surface area contributed by atoms with E-state index < -0.39 is 53.6 Å². The van der Waals surface area contributed by atoms with E-state index >= 15 is 0 Å². The van der Waals surface area contributed by atoms with Crippen LogP contribution in [0.5, 0.6) is 17.2 Å². The van der Waals surface area contributed by atoms with Crippen molar-refractivity contribution in [2.24, 2.45) is 23.1 Å². The molecule has 3 aromatic carbocycles. The Balaban J connectivity index is 1.15. The predicted molar refractivity (Wildman–Crippen MR) is 262 cm³/mol. The van der Waals surface area contributed by atoms with Gasteiger partial charge in [0.05, 0.1) is 41.6 Å². The van der Waals surface area contributed by atoms with Gasteiger partial charge in [-0.15, -0.1) is 0 Å². The highest BCUT2D eigenvalue weighted by Gasteiger charge is 2.47. The van der Waals surface area contributed by atoms with Gasteiger partial charge in [0.2, 0.25) is 17.7 Å². The molecule has 3 heterocycles. The molecule has 70 heavy (non-hydrogen) atoms. The monoisotopic (exact) mass is 956 g/mol. The van der Waals surface area contributed by atoms with Crippen LogP contribution in [0.25, 0.3) is 22.5 Å². The summed E-state index contributed by atoms with van der Waals surface area (Å²) in [6.07, 6.45) is 3.90. The largest absolute Gasteiger partial charge is 0.493 e. The molecule has 18 heteroatoms.